The van der Waals surface area contributed by atoms with E-state index >= 15 is 0 Å². The zero-order chi connectivity index (χ0) is 18.7. The summed E-state index contributed by atoms with van der Waals surface area (Å²) in [5.74, 6) is -0.337. The van der Waals surface area contributed by atoms with E-state index in [-0.39, 0.29) is 5.97 Å². The highest BCUT2D eigenvalue weighted by Crippen LogP contribution is 2.02. The maximum absolute atomic E-state index is 11.6. The maximum Gasteiger partial charge on any atom is 0.323 e. The molecule has 0 radical (unpaired) electrons. The predicted octanol–water partition coefficient (Wildman–Crippen LogP) is 3.74. The fourth-order valence-corrected chi connectivity index (χ4v) is 1.39. The van der Waals surface area contributed by atoms with Crippen LogP contribution in [-0.2, 0) is 16.0 Å². The third-order valence-electron chi connectivity index (χ3n) is 2.38. The average Bonchev–Trinajstić information content (AvgIpc) is 2.60. The monoisotopic (exact) mass is 326 g/mol. The first-order chi connectivity index (χ1) is 11.1. The molecule has 0 saturated heterocycles. The Morgan fingerprint density at radius 1 is 1.04 bits per heavy atom. The fraction of sp³-hybridized carbons (Fsp3) is 0.632. The minimum Gasteiger partial charge on any atom is -0.463 e. The standard InChI is InChI=1S/C13H20N2O2.3C2H6/c1-15(2)8-9-17-13(16)12(14)10-11-6-4-3-5-7-11;3*1-2/h3-7,12H,8-10,14H2,1-2H3;3*1-2H3. The Labute approximate surface area is 144 Å². The molecule has 0 amide bonds. The molecule has 4 heteroatoms. The summed E-state index contributed by atoms with van der Waals surface area (Å²) >= 11 is 0. The van der Waals surface area contributed by atoms with Gasteiger partial charge in [-0.3, -0.25) is 4.79 Å². The van der Waals surface area contributed by atoms with Crippen LogP contribution in [0.4, 0.5) is 0 Å². The van der Waals surface area contributed by atoms with Gasteiger partial charge in [0.15, 0.2) is 0 Å². The van der Waals surface area contributed by atoms with Crippen LogP contribution in [0.25, 0.3) is 0 Å². The molecule has 2 N–H and O–H groups in total. The van der Waals surface area contributed by atoms with Crippen molar-refractivity contribution in [2.45, 2.75) is 54.0 Å². The number of carbonyl (C=O) groups is 1. The largest absolute Gasteiger partial charge is 0.463 e. The van der Waals surface area contributed by atoms with Crippen molar-refractivity contribution < 1.29 is 9.53 Å². The second kappa shape index (κ2) is 20.6. The number of nitrogens with two attached hydrogens (primary N) is 1. The highest BCUT2D eigenvalue weighted by Gasteiger charge is 2.15. The van der Waals surface area contributed by atoms with Gasteiger partial charge in [0.05, 0.1) is 0 Å². The Bertz CT molecular complexity index is 340. The Morgan fingerprint density at radius 2 is 1.52 bits per heavy atom. The molecule has 1 aromatic rings. The number of likely N-dealkylation sites (N-methyl/N-ethyl adjacent to an activating group) is 1. The lowest BCUT2D eigenvalue weighted by Crippen LogP contribution is -2.35. The Morgan fingerprint density at radius 3 is 1.96 bits per heavy atom. The van der Waals surface area contributed by atoms with Gasteiger partial charge in [-0.25, -0.2) is 0 Å². The van der Waals surface area contributed by atoms with E-state index in [4.69, 9.17) is 10.5 Å². The molecule has 23 heavy (non-hydrogen) atoms. The van der Waals surface area contributed by atoms with E-state index in [1.807, 2.05) is 90.9 Å². The maximum atomic E-state index is 11.6. The minimum atomic E-state index is -0.584. The van der Waals surface area contributed by atoms with E-state index in [1.54, 1.807) is 0 Å². The third kappa shape index (κ3) is 16.8. The van der Waals surface area contributed by atoms with E-state index in [0.717, 1.165) is 5.56 Å². The molecular formula is C19H38N2O2. The molecule has 0 heterocycles. The molecule has 4 nitrogen and oxygen atoms in total. The van der Waals surface area contributed by atoms with Gasteiger partial charge < -0.3 is 15.4 Å². The quantitative estimate of drug-likeness (QED) is 0.809. The first-order valence-corrected chi connectivity index (χ1v) is 8.70. The summed E-state index contributed by atoms with van der Waals surface area (Å²) in [6.45, 7) is 13.1. The van der Waals surface area contributed by atoms with Crippen LogP contribution in [0.15, 0.2) is 30.3 Å². The van der Waals surface area contributed by atoms with Gasteiger partial charge in [-0.1, -0.05) is 71.9 Å². The molecule has 0 saturated carbocycles. The van der Waals surface area contributed by atoms with Crippen molar-refractivity contribution in [1.29, 1.82) is 0 Å². The summed E-state index contributed by atoms with van der Waals surface area (Å²) in [4.78, 5) is 13.5. The van der Waals surface area contributed by atoms with Crippen molar-refractivity contribution in [1.82, 2.24) is 4.90 Å². The van der Waals surface area contributed by atoms with Crippen molar-refractivity contribution in [3.8, 4) is 0 Å². The van der Waals surface area contributed by atoms with E-state index in [2.05, 4.69) is 0 Å². The SMILES string of the molecule is CC.CC.CC.CN(C)CCOC(=O)C(N)Cc1ccccc1. The topological polar surface area (TPSA) is 55.6 Å². The van der Waals surface area contributed by atoms with Crippen LogP contribution in [0.1, 0.15) is 47.1 Å². The number of benzene rings is 1. The van der Waals surface area contributed by atoms with Gasteiger partial charge in [0.2, 0.25) is 0 Å². The number of esters is 1. The minimum absolute atomic E-state index is 0.337. The Balaban J connectivity index is -0.000000595. The number of nitrogens with zero attached hydrogens (tertiary/aromatic N) is 1. The molecule has 0 fully saturated rings. The Kier molecular flexibility index (Phi) is 23.8. The van der Waals surface area contributed by atoms with Crippen molar-refractivity contribution >= 4 is 5.97 Å². The van der Waals surface area contributed by atoms with Crippen molar-refractivity contribution in [2.24, 2.45) is 5.73 Å². The second-order valence-electron chi connectivity index (χ2n) is 4.27. The molecule has 1 aromatic carbocycles. The molecule has 1 unspecified atom stereocenters. The number of rotatable bonds is 6. The molecule has 136 valence electrons. The normalized spacial score (nSPS) is 10.0. The number of hydrogen-bond donors (Lipinski definition) is 1. The molecule has 0 aliphatic carbocycles. The van der Waals surface area contributed by atoms with Gasteiger partial charge in [-0.2, -0.15) is 0 Å². The lowest BCUT2D eigenvalue weighted by Gasteiger charge is -2.13. The molecular weight excluding hydrogens is 288 g/mol. The molecule has 1 rings (SSSR count). The van der Waals surface area contributed by atoms with Crippen molar-refractivity contribution in [3.05, 3.63) is 35.9 Å². The predicted molar refractivity (Wildman–Crippen MR) is 102 cm³/mol. The molecule has 0 aliphatic heterocycles. The molecule has 1 atom stereocenters. The van der Waals surface area contributed by atoms with E-state index < -0.39 is 6.04 Å². The Hall–Kier alpha value is -1.39. The first kappa shape index (κ1) is 26.5. The summed E-state index contributed by atoms with van der Waals surface area (Å²) in [7, 11) is 3.86. The van der Waals surface area contributed by atoms with E-state index in [9.17, 15) is 4.79 Å². The van der Waals surface area contributed by atoms with Gasteiger partial charge in [-0.15, -0.1) is 0 Å². The fourth-order valence-electron chi connectivity index (χ4n) is 1.39. The van der Waals surface area contributed by atoms with Crippen LogP contribution in [0, 0.1) is 0 Å². The van der Waals surface area contributed by atoms with Crippen LogP contribution >= 0.6 is 0 Å². The first-order valence-electron chi connectivity index (χ1n) is 8.70. The molecule has 0 bridgehead atoms. The summed E-state index contributed by atoms with van der Waals surface area (Å²) < 4.78 is 5.08. The van der Waals surface area contributed by atoms with Crippen LogP contribution in [0.2, 0.25) is 0 Å². The zero-order valence-electron chi connectivity index (χ0n) is 16.4. The summed E-state index contributed by atoms with van der Waals surface area (Å²) in [5, 5.41) is 0. The smallest absolute Gasteiger partial charge is 0.323 e. The van der Waals surface area contributed by atoms with Crippen LogP contribution < -0.4 is 5.73 Å². The number of ether oxygens (including phenoxy) is 1. The van der Waals surface area contributed by atoms with Crippen LogP contribution in [-0.4, -0.2) is 44.2 Å². The highest BCUT2D eigenvalue weighted by molar-refractivity contribution is 5.75. The van der Waals surface area contributed by atoms with Crippen molar-refractivity contribution in [2.75, 3.05) is 27.2 Å². The molecule has 0 aromatic heterocycles. The van der Waals surface area contributed by atoms with Gasteiger partial charge >= 0.3 is 5.97 Å². The summed E-state index contributed by atoms with van der Waals surface area (Å²) in [5.41, 5.74) is 6.82. The van der Waals surface area contributed by atoms with E-state index in [0.29, 0.717) is 19.6 Å². The molecule has 0 spiro atoms. The average molecular weight is 327 g/mol. The van der Waals surface area contributed by atoms with Crippen LogP contribution in [0.3, 0.4) is 0 Å². The van der Waals surface area contributed by atoms with E-state index in [1.165, 1.54) is 0 Å². The van der Waals surface area contributed by atoms with Crippen LogP contribution in [0.5, 0.6) is 0 Å². The van der Waals surface area contributed by atoms with Gasteiger partial charge in [-0.05, 0) is 26.1 Å². The highest BCUT2D eigenvalue weighted by atomic mass is 16.5. The second-order valence-corrected chi connectivity index (χ2v) is 4.27. The zero-order valence-corrected chi connectivity index (χ0v) is 16.4. The lowest BCUT2D eigenvalue weighted by atomic mass is 10.1. The van der Waals surface area contributed by atoms with Gasteiger partial charge in [0.25, 0.3) is 0 Å². The number of hydrogen-bond acceptors (Lipinski definition) is 4. The summed E-state index contributed by atoms with van der Waals surface area (Å²) in [6, 6.07) is 9.11. The third-order valence-corrected chi connectivity index (χ3v) is 2.38. The van der Waals surface area contributed by atoms with Gasteiger partial charge in [0.1, 0.15) is 12.6 Å². The lowest BCUT2D eigenvalue weighted by molar-refractivity contribution is -0.145. The van der Waals surface area contributed by atoms with Gasteiger partial charge in [0, 0.05) is 6.54 Å². The van der Waals surface area contributed by atoms with Crippen molar-refractivity contribution in [3.63, 3.8) is 0 Å². The molecule has 0 aliphatic rings. The number of carbonyl (C=O) groups excluding carboxylic acids is 1. The summed E-state index contributed by atoms with van der Waals surface area (Å²) in [6.07, 6.45) is 0.516.